The van der Waals surface area contributed by atoms with Crippen molar-refractivity contribution < 1.29 is 43.3 Å². The van der Waals surface area contributed by atoms with Gasteiger partial charge in [0.15, 0.2) is 11.8 Å². The van der Waals surface area contributed by atoms with Crippen LogP contribution in [0.4, 0.5) is 0 Å². The number of epoxide rings is 1. The fourth-order valence-corrected chi connectivity index (χ4v) is 13.0. The summed E-state index contributed by atoms with van der Waals surface area (Å²) in [5.41, 5.74) is 3.26. The summed E-state index contributed by atoms with van der Waals surface area (Å²) < 4.78 is 26.8. The number of aliphatic hydroxyl groups is 1. The summed E-state index contributed by atoms with van der Waals surface area (Å²) in [5.74, 6) is -0.434. The predicted molar refractivity (Wildman–Crippen MR) is 227 cm³/mol. The normalized spacial score (nSPS) is 38.5. The number of fused-ring (bicyclic) bond motifs is 6. The Morgan fingerprint density at radius 3 is 2.39 bits per heavy atom. The van der Waals surface area contributed by atoms with Gasteiger partial charge in [0.05, 0.1) is 24.9 Å². The largest absolute Gasteiger partial charge is 0.458 e. The smallest absolute Gasteiger partial charge is 0.327 e. The number of hydrogen-bond donors (Lipinski definition) is 2. The molecule has 2 aromatic carbocycles. The number of esters is 1. The quantitative estimate of drug-likeness (QED) is 0.201. The van der Waals surface area contributed by atoms with Crippen molar-refractivity contribution in [2.75, 3.05) is 20.2 Å². The van der Waals surface area contributed by atoms with E-state index in [9.17, 15) is 14.7 Å². The minimum atomic E-state index is -1.43. The highest BCUT2D eigenvalue weighted by molar-refractivity contribution is 5.96. The van der Waals surface area contributed by atoms with Gasteiger partial charge in [-0.1, -0.05) is 80.1 Å². The van der Waals surface area contributed by atoms with Gasteiger partial charge in [0.25, 0.3) is 0 Å². The van der Waals surface area contributed by atoms with E-state index in [1.54, 1.807) is 12.1 Å². The summed E-state index contributed by atoms with van der Waals surface area (Å²) in [5, 5.41) is 14.2. The van der Waals surface area contributed by atoms with Crippen molar-refractivity contribution >= 4 is 23.9 Å². The van der Waals surface area contributed by atoms with Crippen LogP contribution in [0.3, 0.4) is 0 Å². The molecule has 1 unspecified atom stereocenters. The molecular formula is C50H63N3O9. The SMILES string of the molecule is CN(C(=O)[C@@]12C[C@H]3OC(=O)[C@@H]1N(Cc1ccccc1C=C1CCC4O[C@]4(C)CC[C@@H]4[C@@H]1CC4(C)C)O[C@@H]2[C@H]1OC(C2CC2)(C2CC2)O[C@H]13)[C@H](Cc1ccccc1)C(=O)NCCO. The molecule has 12 heteroatoms. The second-order valence-corrected chi connectivity index (χ2v) is 21.1. The molecule has 5 saturated carbocycles. The van der Waals surface area contributed by atoms with Crippen molar-refractivity contribution in [2.45, 2.75) is 152 Å². The predicted octanol–water partition coefficient (Wildman–Crippen LogP) is 5.74. The first-order valence-electron chi connectivity index (χ1n) is 23.5. The van der Waals surface area contributed by atoms with Gasteiger partial charge >= 0.3 is 5.97 Å². The third-order valence-electron chi connectivity index (χ3n) is 16.8. The standard InChI is InChI=1S/C50H63N3O9/c1-47(2)26-35-31(14-19-39-48(3,59-39)21-20-36(35)47)25-30-12-8-9-13-32(30)28-53-42-45(56)58-38-27-49(42,43(62-53)41-40(38)60-50(61-41,33-15-16-33)34-17-18-34)46(57)52(4)37(44(55)51-22-23-54)24-29-10-6-5-7-11-29/h5-13,25,33-43,54H,14-24,26-28H2,1-4H3,(H,51,55)/t35-,36-,37-,38-,39?,40+,41+,42+,43-,48-,49+/m1/s1. The van der Waals surface area contributed by atoms with Crippen LogP contribution in [0.5, 0.6) is 0 Å². The molecule has 332 valence electrons. The van der Waals surface area contributed by atoms with Gasteiger partial charge in [0, 0.05) is 38.3 Å². The van der Waals surface area contributed by atoms with Crippen LogP contribution in [0.1, 0.15) is 102 Å². The monoisotopic (exact) mass is 849 g/mol. The van der Waals surface area contributed by atoms with Crippen molar-refractivity contribution in [1.82, 2.24) is 15.3 Å². The molecule has 11 rings (SSSR count). The van der Waals surface area contributed by atoms with Crippen LogP contribution in [-0.4, -0.2) is 107 Å². The van der Waals surface area contributed by atoms with E-state index >= 15 is 4.79 Å². The number of allylic oxidation sites excluding steroid dienone is 1. The van der Waals surface area contributed by atoms with Gasteiger partial charge in [-0.05, 0) is 98.7 Å². The molecule has 62 heavy (non-hydrogen) atoms. The summed E-state index contributed by atoms with van der Waals surface area (Å²) >= 11 is 0. The maximum absolute atomic E-state index is 15.7. The molecule has 0 radical (unpaired) electrons. The van der Waals surface area contributed by atoms with Crippen LogP contribution in [0.15, 0.2) is 60.2 Å². The summed E-state index contributed by atoms with van der Waals surface area (Å²) in [7, 11) is 1.65. The minimum absolute atomic E-state index is 0.00261. The summed E-state index contributed by atoms with van der Waals surface area (Å²) in [4.78, 5) is 53.1. The lowest BCUT2D eigenvalue weighted by Crippen LogP contribution is -2.70. The van der Waals surface area contributed by atoms with Crippen LogP contribution in [-0.2, 0) is 51.1 Å². The molecule has 2 N–H and O–H groups in total. The van der Waals surface area contributed by atoms with Crippen molar-refractivity contribution in [3.05, 3.63) is 76.9 Å². The van der Waals surface area contributed by atoms with E-state index in [4.69, 9.17) is 23.8 Å². The Kier molecular flexibility index (Phi) is 9.91. The van der Waals surface area contributed by atoms with Crippen molar-refractivity contribution in [3.63, 3.8) is 0 Å². The van der Waals surface area contributed by atoms with Crippen LogP contribution in [0.25, 0.3) is 6.08 Å². The Morgan fingerprint density at radius 2 is 1.66 bits per heavy atom. The zero-order valence-corrected chi connectivity index (χ0v) is 36.6. The fourth-order valence-electron chi connectivity index (χ4n) is 13.0. The van der Waals surface area contributed by atoms with E-state index in [2.05, 4.69) is 50.4 Å². The molecule has 9 aliphatic rings. The Hall–Kier alpha value is -3.65. The zero-order chi connectivity index (χ0) is 42.8. The first kappa shape index (κ1) is 41.1. The van der Waals surface area contributed by atoms with E-state index in [-0.39, 0.29) is 67.2 Å². The molecule has 0 spiro atoms. The number of likely N-dealkylation sites (N-methyl/N-ethyl adjacent to an activating group) is 1. The van der Waals surface area contributed by atoms with Gasteiger partial charge in [0.1, 0.15) is 35.9 Å². The van der Waals surface area contributed by atoms with Crippen LogP contribution in [0.2, 0.25) is 0 Å². The van der Waals surface area contributed by atoms with Gasteiger partial charge in [-0.3, -0.25) is 19.2 Å². The topological polar surface area (TPSA) is 139 Å². The maximum atomic E-state index is 15.7. The molecule has 12 nitrogen and oxygen atoms in total. The van der Waals surface area contributed by atoms with E-state index in [1.807, 2.05) is 36.4 Å². The Balaban J connectivity index is 0.957. The average Bonchev–Trinajstić information content (AvgIpc) is 4.21. The first-order valence-corrected chi connectivity index (χ1v) is 23.5. The molecule has 4 saturated heterocycles. The number of carbonyl (C=O) groups excluding carboxylic acids is 3. The van der Waals surface area contributed by atoms with Crippen molar-refractivity contribution in [2.24, 2.45) is 34.5 Å². The maximum Gasteiger partial charge on any atom is 0.327 e. The number of nitrogens with one attached hydrogen (secondary N) is 1. The molecule has 0 aromatic heterocycles. The molecule has 2 aromatic rings. The molecule has 5 aliphatic carbocycles. The molecule has 9 fully saturated rings. The zero-order valence-electron chi connectivity index (χ0n) is 36.6. The van der Waals surface area contributed by atoms with E-state index in [1.165, 1.54) is 10.5 Å². The number of aliphatic hydroxyl groups excluding tert-OH is 1. The van der Waals surface area contributed by atoms with Crippen molar-refractivity contribution in [1.29, 1.82) is 0 Å². The Morgan fingerprint density at radius 1 is 0.935 bits per heavy atom. The number of ether oxygens (including phenoxy) is 4. The first-order chi connectivity index (χ1) is 29.8. The van der Waals surface area contributed by atoms with E-state index < -0.39 is 53.7 Å². The molecule has 4 aliphatic heterocycles. The number of rotatable bonds is 12. The lowest BCUT2D eigenvalue weighted by Gasteiger charge is -2.53. The van der Waals surface area contributed by atoms with Gasteiger partial charge < -0.3 is 34.3 Å². The van der Waals surface area contributed by atoms with Crippen molar-refractivity contribution in [3.8, 4) is 0 Å². The minimum Gasteiger partial charge on any atom is -0.458 e. The highest BCUT2D eigenvalue weighted by atomic mass is 16.8. The van der Waals surface area contributed by atoms with Gasteiger partial charge in [-0.15, -0.1) is 0 Å². The lowest BCUT2D eigenvalue weighted by atomic mass is 9.52. The van der Waals surface area contributed by atoms with Crippen LogP contribution in [0, 0.1) is 34.5 Å². The van der Waals surface area contributed by atoms with E-state index in [0.29, 0.717) is 17.9 Å². The summed E-state index contributed by atoms with van der Waals surface area (Å²) in [6, 6.07) is 15.9. The average molecular weight is 850 g/mol. The third kappa shape index (κ3) is 6.63. The molecule has 4 heterocycles. The number of hydroxylamine groups is 2. The number of hydrogen-bond acceptors (Lipinski definition) is 10. The van der Waals surface area contributed by atoms with Crippen LogP contribution < -0.4 is 5.32 Å². The van der Waals surface area contributed by atoms with Gasteiger partial charge in [-0.25, -0.2) is 0 Å². The number of amides is 2. The second-order valence-electron chi connectivity index (χ2n) is 21.1. The molecule has 11 atom stereocenters. The summed E-state index contributed by atoms with van der Waals surface area (Å²) in [6.45, 7) is 7.15. The highest BCUT2D eigenvalue weighted by Crippen LogP contribution is 2.64. The van der Waals surface area contributed by atoms with E-state index in [0.717, 1.165) is 74.5 Å². The molecule has 2 amide bonds. The lowest BCUT2D eigenvalue weighted by molar-refractivity contribution is -0.235. The summed E-state index contributed by atoms with van der Waals surface area (Å²) in [6.07, 6.45) is 9.77. The van der Waals surface area contributed by atoms with Gasteiger partial charge in [0.2, 0.25) is 11.8 Å². The third-order valence-corrected chi connectivity index (χ3v) is 16.8. The Labute approximate surface area is 364 Å². The molecular weight excluding hydrogens is 787 g/mol. The molecule has 2 bridgehead atoms. The van der Waals surface area contributed by atoms with Crippen LogP contribution >= 0.6 is 0 Å². The second kappa shape index (κ2) is 15.0. The fraction of sp³-hybridized carbons (Fsp3) is 0.660. The Bertz CT molecular complexity index is 2120. The number of carbonyl (C=O) groups is 3. The van der Waals surface area contributed by atoms with Gasteiger partial charge in [-0.2, -0.15) is 5.06 Å². The number of benzene rings is 2. The number of nitrogens with zero attached hydrogens (tertiary/aromatic N) is 2. The highest BCUT2D eigenvalue weighted by Gasteiger charge is 2.78.